The molecule has 0 bridgehead atoms. The third-order valence-electron chi connectivity index (χ3n) is 3.94. The fourth-order valence-corrected chi connectivity index (χ4v) is 2.84. The highest BCUT2D eigenvalue weighted by Crippen LogP contribution is 2.15. The first-order valence-corrected chi connectivity index (χ1v) is 7.37. The summed E-state index contributed by atoms with van der Waals surface area (Å²) < 4.78 is 0. The zero-order chi connectivity index (χ0) is 13.6. The molecular formula is C18H21N2. The lowest BCUT2D eigenvalue weighted by molar-refractivity contribution is 0.150. The first kappa shape index (κ1) is 13.3. The summed E-state index contributed by atoms with van der Waals surface area (Å²) >= 11 is 0. The van der Waals surface area contributed by atoms with Gasteiger partial charge in [-0.05, 0) is 17.5 Å². The topological polar surface area (TPSA) is 17.3 Å². The summed E-state index contributed by atoms with van der Waals surface area (Å²) in [6.45, 7) is 4.04. The minimum atomic E-state index is 0.534. The number of benzene rings is 2. The molecular weight excluding hydrogens is 244 g/mol. The van der Waals surface area contributed by atoms with Crippen LogP contribution >= 0.6 is 0 Å². The van der Waals surface area contributed by atoms with Crippen LogP contribution in [0.15, 0.2) is 60.7 Å². The molecule has 0 aliphatic carbocycles. The Kier molecular flexibility index (Phi) is 4.46. The lowest BCUT2D eigenvalue weighted by Gasteiger charge is -2.35. The molecule has 0 spiro atoms. The molecule has 0 N–H and O–H groups in total. The van der Waals surface area contributed by atoms with E-state index in [1.807, 2.05) is 0 Å². The number of nitrogens with zero attached hydrogens (tertiary/aromatic N) is 2. The maximum atomic E-state index is 4.60. The smallest absolute Gasteiger partial charge is 0.0293 e. The second-order valence-electron chi connectivity index (χ2n) is 5.43. The van der Waals surface area contributed by atoms with E-state index in [1.165, 1.54) is 11.1 Å². The summed E-state index contributed by atoms with van der Waals surface area (Å²) in [7, 11) is 0. The molecule has 1 atom stereocenters. The van der Waals surface area contributed by atoms with Gasteiger partial charge in [-0.25, -0.2) is 5.32 Å². The Morgan fingerprint density at radius 2 is 1.55 bits per heavy atom. The molecule has 0 amide bonds. The zero-order valence-corrected chi connectivity index (χ0v) is 11.8. The van der Waals surface area contributed by atoms with Crippen LogP contribution in [-0.2, 0) is 13.0 Å². The average molecular weight is 265 g/mol. The Morgan fingerprint density at radius 1 is 0.900 bits per heavy atom. The van der Waals surface area contributed by atoms with Gasteiger partial charge in [0, 0.05) is 32.2 Å². The fourth-order valence-electron chi connectivity index (χ4n) is 2.84. The fraction of sp³-hybridized carbons (Fsp3) is 0.333. The summed E-state index contributed by atoms with van der Waals surface area (Å²) in [5.74, 6) is 0. The zero-order valence-electron chi connectivity index (χ0n) is 11.8. The molecule has 3 rings (SSSR count). The van der Waals surface area contributed by atoms with E-state index in [-0.39, 0.29) is 0 Å². The number of hydrogen-bond donors (Lipinski definition) is 0. The van der Waals surface area contributed by atoms with E-state index in [0.717, 1.165) is 32.6 Å². The van der Waals surface area contributed by atoms with E-state index in [2.05, 4.69) is 70.9 Å². The van der Waals surface area contributed by atoms with Crippen LogP contribution in [-0.4, -0.2) is 30.6 Å². The van der Waals surface area contributed by atoms with Gasteiger partial charge in [-0.15, -0.1) is 0 Å². The third kappa shape index (κ3) is 3.47. The van der Waals surface area contributed by atoms with Gasteiger partial charge in [0.1, 0.15) is 0 Å². The van der Waals surface area contributed by atoms with Crippen molar-refractivity contribution in [2.24, 2.45) is 0 Å². The number of piperazine rings is 1. The molecule has 1 aliphatic rings. The standard InChI is InChI=1S/C18H21N2/c1-3-7-16(8-4-1)13-18-14-19-11-12-20(18)15-17-9-5-2-6-10-17/h1-10,18H,11-15H2. The minimum absolute atomic E-state index is 0.534. The van der Waals surface area contributed by atoms with Crippen molar-refractivity contribution in [1.29, 1.82) is 0 Å². The molecule has 1 aliphatic heterocycles. The van der Waals surface area contributed by atoms with E-state index in [4.69, 9.17) is 0 Å². The number of hydrogen-bond acceptors (Lipinski definition) is 1. The van der Waals surface area contributed by atoms with E-state index in [0.29, 0.717) is 6.04 Å². The van der Waals surface area contributed by atoms with Crippen molar-refractivity contribution >= 4 is 0 Å². The van der Waals surface area contributed by atoms with Crippen molar-refractivity contribution in [3.63, 3.8) is 0 Å². The Bertz CT molecular complexity index is 460. The van der Waals surface area contributed by atoms with E-state index < -0.39 is 0 Å². The van der Waals surface area contributed by atoms with E-state index in [1.54, 1.807) is 0 Å². The average Bonchev–Trinajstić information content (AvgIpc) is 2.51. The molecule has 1 fully saturated rings. The Labute approximate surface area is 121 Å². The number of rotatable bonds is 4. The van der Waals surface area contributed by atoms with Gasteiger partial charge in [-0.3, -0.25) is 4.90 Å². The van der Waals surface area contributed by atoms with Crippen molar-refractivity contribution in [2.45, 2.75) is 19.0 Å². The molecule has 1 unspecified atom stereocenters. The van der Waals surface area contributed by atoms with Gasteiger partial charge in [0.05, 0.1) is 0 Å². The van der Waals surface area contributed by atoms with Gasteiger partial charge in [0.25, 0.3) is 0 Å². The second-order valence-corrected chi connectivity index (χ2v) is 5.43. The minimum Gasteiger partial charge on any atom is -0.293 e. The second kappa shape index (κ2) is 6.69. The molecule has 2 nitrogen and oxygen atoms in total. The van der Waals surface area contributed by atoms with Crippen molar-refractivity contribution in [3.05, 3.63) is 71.8 Å². The van der Waals surface area contributed by atoms with Gasteiger partial charge in [0.15, 0.2) is 0 Å². The van der Waals surface area contributed by atoms with Crippen molar-refractivity contribution in [1.82, 2.24) is 10.2 Å². The van der Waals surface area contributed by atoms with Crippen LogP contribution in [0.2, 0.25) is 0 Å². The van der Waals surface area contributed by atoms with Crippen LogP contribution in [0.4, 0.5) is 0 Å². The van der Waals surface area contributed by atoms with Gasteiger partial charge in [0.2, 0.25) is 0 Å². The summed E-state index contributed by atoms with van der Waals surface area (Å²) in [6.07, 6.45) is 1.09. The summed E-state index contributed by atoms with van der Waals surface area (Å²) in [5.41, 5.74) is 2.81. The van der Waals surface area contributed by atoms with Crippen LogP contribution in [0.3, 0.4) is 0 Å². The molecule has 0 aromatic heterocycles. The molecule has 20 heavy (non-hydrogen) atoms. The van der Waals surface area contributed by atoms with Crippen LogP contribution in [0.1, 0.15) is 11.1 Å². The highest BCUT2D eigenvalue weighted by Gasteiger charge is 2.22. The van der Waals surface area contributed by atoms with Crippen LogP contribution in [0, 0.1) is 0 Å². The maximum Gasteiger partial charge on any atom is 0.0293 e. The Morgan fingerprint density at radius 3 is 2.25 bits per heavy atom. The molecule has 1 radical (unpaired) electrons. The van der Waals surface area contributed by atoms with E-state index >= 15 is 0 Å². The predicted octanol–water partition coefficient (Wildman–Crippen LogP) is 2.72. The normalized spacial score (nSPS) is 19.9. The van der Waals surface area contributed by atoms with Crippen LogP contribution in [0.25, 0.3) is 0 Å². The summed E-state index contributed by atoms with van der Waals surface area (Å²) in [6, 6.07) is 22.0. The quantitative estimate of drug-likeness (QED) is 0.831. The summed E-state index contributed by atoms with van der Waals surface area (Å²) in [5, 5.41) is 4.60. The SMILES string of the molecule is c1ccc(CC2C[N]CCN2Cc2ccccc2)cc1. The molecule has 1 saturated heterocycles. The third-order valence-corrected chi connectivity index (χ3v) is 3.94. The van der Waals surface area contributed by atoms with Gasteiger partial charge in [-0.2, -0.15) is 0 Å². The maximum absolute atomic E-state index is 4.60. The lowest BCUT2D eigenvalue weighted by atomic mass is 10.0. The molecule has 0 saturated carbocycles. The Balaban J connectivity index is 1.68. The first-order valence-electron chi connectivity index (χ1n) is 7.37. The highest BCUT2D eigenvalue weighted by molar-refractivity contribution is 5.18. The van der Waals surface area contributed by atoms with Crippen molar-refractivity contribution in [3.8, 4) is 0 Å². The highest BCUT2D eigenvalue weighted by atomic mass is 15.2. The molecule has 2 heteroatoms. The van der Waals surface area contributed by atoms with Crippen molar-refractivity contribution in [2.75, 3.05) is 19.6 Å². The molecule has 2 aromatic carbocycles. The molecule has 2 aromatic rings. The largest absolute Gasteiger partial charge is 0.293 e. The monoisotopic (exact) mass is 265 g/mol. The summed E-state index contributed by atoms with van der Waals surface area (Å²) in [4.78, 5) is 2.58. The van der Waals surface area contributed by atoms with Crippen molar-refractivity contribution < 1.29 is 0 Å². The van der Waals surface area contributed by atoms with Gasteiger partial charge < -0.3 is 0 Å². The first-order chi connectivity index (χ1) is 9.92. The molecule has 103 valence electrons. The lowest BCUT2D eigenvalue weighted by Crippen LogP contribution is -2.49. The molecule has 1 heterocycles. The van der Waals surface area contributed by atoms with Gasteiger partial charge >= 0.3 is 0 Å². The van der Waals surface area contributed by atoms with Crippen LogP contribution < -0.4 is 5.32 Å². The Hall–Kier alpha value is -1.64. The van der Waals surface area contributed by atoms with E-state index in [9.17, 15) is 0 Å². The van der Waals surface area contributed by atoms with Gasteiger partial charge in [-0.1, -0.05) is 60.7 Å². The van der Waals surface area contributed by atoms with Crippen LogP contribution in [0.5, 0.6) is 0 Å². The predicted molar refractivity (Wildman–Crippen MR) is 82.7 cm³/mol.